The SMILES string of the molecule is CS(=O)(=O)/C=C/c1[nH]nc2c1CCCC/C2=C\c1ccc(Cl)cc1. The van der Waals surface area contributed by atoms with Crippen molar-refractivity contribution >= 4 is 39.2 Å². The molecule has 0 atom stereocenters. The number of allylic oxidation sites excluding steroid dienone is 1. The number of aromatic nitrogens is 2. The number of benzene rings is 1. The highest BCUT2D eigenvalue weighted by molar-refractivity contribution is 7.93. The number of H-pyrrole nitrogens is 1. The summed E-state index contributed by atoms with van der Waals surface area (Å²) in [6, 6.07) is 7.71. The molecular weight excluding hydrogens is 344 g/mol. The second kappa shape index (κ2) is 6.95. The Morgan fingerprint density at radius 2 is 1.88 bits per heavy atom. The molecule has 1 aliphatic carbocycles. The molecule has 24 heavy (non-hydrogen) atoms. The van der Waals surface area contributed by atoms with Crippen molar-refractivity contribution in [2.24, 2.45) is 0 Å². The summed E-state index contributed by atoms with van der Waals surface area (Å²) < 4.78 is 22.7. The van der Waals surface area contributed by atoms with E-state index in [1.165, 1.54) is 17.2 Å². The Bertz CT molecular complexity index is 894. The third kappa shape index (κ3) is 4.16. The summed E-state index contributed by atoms with van der Waals surface area (Å²) in [5.74, 6) is 0. The fraction of sp³-hybridized carbons (Fsp3) is 0.278. The molecule has 1 aromatic heterocycles. The largest absolute Gasteiger partial charge is 0.278 e. The predicted octanol–water partition coefficient (Wildman–Crippen LogP) is 4.35. The molecule has 0 amide bonds. The zero-order valence-electron chi connectivity index (χ0n) is 13.4. The maximum absolute atomic E-state index is 11.4. The highest BCUT2D eigenvalue weighted by Gasteiger charge is 2.18. The van der Waals surface area contributed by atoms with Gasteiger partial charge in [-0.15, -0.1) is 0 Å². The molecule has 0 fully saturated rings. The van der Waals surface area contributed by atoms with E-state index in [2.05, 4.69) is 16.3 Å². The van der Waals surface area contributed by atoms with Gasteiger partial charge in [-0.25, -0.2) is 8.42 Å². The van der Waals surface area contributed by atoms with Crippen LogP contribution in [-0.4, -0.2) is 24.9 Å². The Hall–Kier alpha value is -1.85. The first kappa shape index (κ1) is 17.0. The van der Waals surface area contributed by atoms with Crippen molar-refractivity contribution in [1.82, 2.24) is 10.2 Å². The highest BCUT2D eigenvalue weighted by atomic mass is 35.5. The second-order valence-corrected chi connectivity index (χ2v) is 8.39. The van der Waals surface area contributed by atoms with E-state index >= 15 is 0 Å². The molecule has 1 heterocycles. The number of fused-ring (bicyclic) bond motifs is 1. The standard InChI is InChI=1S/C18H19ClN2O2S/c1-24(22,23)11-10-17-16-5-3-2-4-14(18(16)21-20-17)12-13-6-8-15(19)9-7-13/h6-12H,2-5H2,1H3,(H,20,21)/b11-10+,14-12+. The fourth-order valence-electron chi connectivity index (χ4n) is 2.86. The van der Waals surface area contributed by atoms with Crippen LogP contribution in [0, 0.1) is 0 Å². The molecule has 126 valence electrons. The molecule has 2 aromatic rings. The van der Waals surface area contributed by atoms with Crippen molar-refractivity contribution in [3.63, 3.8) is 0 Å². The average Bonchev–Trinajstić information content (AvgIpc) is 2.82. The van der Waals surface area contributed by atoms with E-state index in [4.69, 9.17) is 11.6 Å². The lowest BCUT2D eigenvalue weighted by Gasteiger charge is -2.03. The van der Waals surface area contributed by atoms with Gasteiger partial charge in [-0.1, -0.05) is 23.7 Å². The molecule has 6 heteroatoms. The minimum absolute atomic E-state index is 0.715. The average molecular weight is 363 g/mol. The van der Waals surface area contributed by atoms with E-state index in [0.29, 0.717) is 5.02 Å². The van der Waals surface area contributed by atoms with E-state index in [1.54, 1.807) is 6.08 Å². The summed E-state index contributed by atoms with van der Waals surface area (Å²) in [5.41, 5.74) is 5.06. The van der Waals surface area contributed by atoms with Crippen LogP contribution in [-0.2, 0) is 16.3 Å². The number of aromatic amines is 1. The number of nitrogens with one attached hydrogen (secondary N) is 1. The van der Waals surface area contributed by atoms with Crippen molar-refractivity contribution in [3.8, 4) is 0 Å². The zero-order chi connectivity index (χ0) is 17.2. The van der Waals surface area contributed by atoms with Crippen LogP contribution in [0.2, 0.25) is 5.02 Å². The van der Waals surface area contributed by atoms with Crippen LogP contribution in [0.1, 0.15) is 41.8 Å². The molecule has 1 aliphatic rings. The smallest absolute Gasteiger partial charge is 0.168 e. The lowest BCUT2D eigenvalue weighted by molar-refractivity contribution is 0.610. The Labute approximate surface area is 147 Å². The van der Waals surface area contributed by atoms with Gasteiger partial charge >= 0.3 is 0 Å². The van der Waals surface area contributed by atoms with Gasteiger partial charge in [0.15, 0.2) is 9.84 Å². The number of rotatable bonds is 3. The molecule has 3 rings (SSSR count). The van der Waals surface area contributed by atoms with Gasteiger partial charge in [0.05, 0.1) is 11.4 Å². The summed E-state index contributed by atoms with van der Waals surface area (Å²) in [6.07, 6.45) is 8.92. The molecule has 1 aromatic carbocycles. The van der Waals surface area contributed by atoms with Crippen LogP contribution >= 0.6 is 11.6 Å². The first-order valence-electron chi connectivity index (χ1n) is 7.84. The maximum atomic E-state index is 11.4. The first-order valence-corrected chi connectivity index (χ1v) is 10.2. The van der Waals surface area contributed by atoms with Crippen molar-refractivity contribution in [1.29, 1.82) is 0 Å². The molecule has 0 bridgehead atoms. The molecule has 4 nitrogen and oxygen atoms in total. The molecule has 0 radical (unpaired) electrons. The quantitative estimate of drug-likeness (QED) is 0.826. The number of hydrogen-bond donors (Lipinski definition) is 1. The van der Waals surface area contributed by atoms with Crippen LogP contribution in [0.4, 0.5) is 0 Å². The van der Waals surface area contributed by atoms with Crippen LogP contribution in [0.25, 0.3) is 17.7 Å². The Morgan fingerprint density at radius 1 is 1.17 bits per heavy atom. The van der Waals surface area contributed by atoms with E-state index < -0.39 is 9.84 Å². The lowest BCUT2D eigenvalue weighted by Crippen LogP contribution is -1.91. The highest BCUT2D eigenvalue weighted by Crippen LogP contribution is 2.32. The van der Waals surface area contributed by atoms with Crippen LogP contribution < -0.4 is 0 Å². The van der Waals surface area contributed by atoms with Crippen molar-refractivity contribution in [2.75, 3.05) is 6.26 Å². The van der Waals surface area contributed by atoms with Crippen LogP contribution in [0.15, 0.2) is 29.7 Å². The molecule has 0 saturated carbocycles. The number of hydrogen-bond acceptors (Lipinski definition) is 3. The Morgan fingerprint density at radius 3 is 2.58 bits per heavy atom. The summed E-state index contributed by atoms with van der Waals surface area (Å²) in [7, 11) is -3.16. The first-order chi connectivity index (χ1) is 11.4. The minimum Gasteiger partial charge on any atom is -0.278 e. The summed E-state index contributed by atoms with van der Waals surface area (Å²) >= 11 is 5.94. The van der Waals surface area contributed by atoms with Crippen molar-refractivity contribution < 1.29 is 8.42 Å². The topological polar surface area (TPSA) is 62.8 Å². The van der Waals surface area contributed by atoms with Gasteiger partial charge in [0, 0.05) is 22.2 Å². The molecular formula is C18H19ClN2O2S. The zero-order valence-corrected chi connectivity index (χ0v) is 15.0. The van der Waals surface area contributed by atoms with Crippen LogP contribution in [0.5, 0.6) is 0 Å². The molecule has 0 spiro atoms. The van der Waals surface area contributed by atoms with Gasteiger partial charge < -0.3 is 0 Å². The van der Waals surface area contributed by atoms with Gasteiger partial charge in [0.1, 0.15) is 0 Å². The van der Waals surface area contributed by atoms with E-state index in [1.807, 2.05) is 24.3 Å². The molecule has 1 N–H and O–H groups in total. The van der Waals surface area contributed by atoms with Gasteiger partial charge in [0.2, 0.25) is 0 Å². The van der Waals surface area contributed by atoms with Gasteiger partial charge in [0.25, 0.3) is 0 Å². The van der Waals surface area contributed by atoms with Gasteiger partial charge in [-0.05, 0) is 61.1 Å². The normalized spacial score (nSPS) is 17.2. The summed E-state index contributed by atoms with van der Waals surface area (Å²) in [5, 5.41) is 9.36. The summed E-state index contributed by atoms with van der Waals surface area (Å²) in [4.78, 5) is 0. The molecule has 0 aliphatic heterocycles. The Balaban J connectivity index is 1.99. The third-order valence-corrected chi connectivity index (χ3v) is 4.90. The molecule has 0 unspecified atom stereocenters. The van der Waals surface area contributed by atoms with Crippen molar-refractivity contribution in [2.45, 2.75) is 25.7 Å². The number of halogens is 1. The van der Waals surface area contributed by atoms with Crippen LogP contribution in [0.3, 0.4) is 0 Å². The minimum atomic E-state index is -3.16. The lowest BCUT2D eigenvalue weighted by atomic mass is 10.0. The monoisotopic (exact) mass is 362 g/mol. The summed E-state index contributed by atoms with van der Waals surface area (Å²) in [6.45, 7) is 0. The van der Waals surface area contributed by atoms with E-state index in [9.17, 15) is 8.42 Å². The number of sulfone groups is 1. The van der Waals surface area contributed by atoms with E-state index in [0.717, 1.165) is 48.2 Å². The van der Waals surface area contributed by atoms with Gasteiger partial charge in [-0.2, -0.15) is 5.10 Å². The predicted molar refractivity (Wildman–Crippen MR) is 99.3 cm³/mol. The molecule has 0 saturated heterocycles. The number of nitrogens with zero attached hydrogens (tertiary/aromatic N) is 1. The maximum Gasteiger partial charge on any atom is 0.168 e. The van der Waals surface area contributed by atoms with Gasteiger partial charge in [-0.3, -0.25) is 5.10 Å². The third-order valence-electron chi connectivity index (χ3n) is 4.02. The van der Waals surface area contributed by atoms with Crippen molar-refractivity contribution in [3.05, 3.63) is 57.2 Å². The fourth-order valence-corrected chi connectivity index (χ4v) is 3.37. The second-order valence-electron chi connectivity index (χ2n) is 6.02. The Kier molecular flexibility index (Phi) is 4.92. The van der Waals surface area contributed by atoms with E-state index in [-0.39, 0.29) is 0 Å².